The molecule has 1 rings (SSSR count). The second-order valence-electron chi connectivity index (χ2n) is 1.41. The third kappa shape index (κ3) is 1.10. The molecule has 0 saturated heterocycles. The number of ether oxygens (including phenoxy) is 1. The standard InChI is InChI=1S/C6H5O3/c1-8-6(7)5-3-2-4-9-5/h2-4H,1H2. The number of carbonyl (C=O) groups is 1. The van der Waals surface area contributed by atoms with Gasteiger partial charge in [-0.3, -0.25) is 0 Å². The number of carbonyl (C=O) groups excluding carboxylic acids is 1. The van der Waals surface area contributed by atoms with E-state index in [9.17, 15) is 4.79 Å². The molecule has 0 aliphatic carbocycles. The molecule has 1 aromatic rings. The Balaban J connectivity index is 2.77. The van der Waals surface area contributed by atoms with E-state index in [-0.39, 0.29) is 5.76 Å². The molecule has 0 aromatic carbocycles. The van der Waals surface area contributed by atoms with E-state index in [2.05, 4.69) is 16.3 Å². The van der Waals surface area contributed by atoms with Crippen molar-refractivity contribution in [1.82, 2.24) is 0 Å². The van der Waals surface area contributed by atoms with Crippen LogP contribution in [0, 0.1) is 7.11 Å². The molecule has 0 saturated carbocycles. The number of hydrogen-bond acceptors (Lipinski definition) is 3. The van der Waals surface area contributed by atoms with Crippen LogP contribution in [0.3, 0.4) is 0 Å². The van der Waals surface area contributed by atoms with Crippen molar-refractivity contribution in [3.05, 3.63) is 31.3 Å². The van der Waals surface area contributed by atoms with Gasteiger partial charge in [-0.25, -0.2) is 4.79 Å². The molecule has 0 unspecified atom stereocenters. The molecule has 0 amide bonds. The molecule has 3 heteroatoms. The third-order valence-electron chi connectivity index (χ3n) is 0.853. The van der Waals surface area contributed by atoms with Crippen LogP contribution in [-0.2, 0) is 4.74 Å². The zero-order valence-corrected chi connectivity index (χ0v) is 4.66. The van der Waals surface area contributed by atoms with Crippen molar-refractivity contribution in [3.8, 4) is 0 Å². The molecule has 0 N–H and O–H groups in total. The summed E-state index contributed by atoms with van der Waals surface area (Å²) in [6, 6.07) is 3.11. The van der Waals surface area contributed by atoms with Crippen LogP contribution in [0.1, 0.15) is 10.6 Å². The first-order valence-electron chi connectivity index (χ1n) is 2.34. The molecule has 0 aliphatic rings. The number of furan rings is 1. The molecule has 0 fully saturated rings. The number of hydrogen-bond donors (Lipinski definition) is 0. The zero-order chi connectivity index (χ0) is 6.69. The lowest BCUT2D eigenvalue weighted by Gasteiger charge is -1.89. The van der Waals surface area contributed by atoms with E-state index in [1.54, 1.807) is 6.07 Å². The second kappa shape index (κ2) is 2.35. The van der Waals surface area contributed by atoms with Crippen LogP contribution < -0.4 is 0 Å². The molecule has 1 radical (unpaired) electrons. The molecule has 9 heavy (non-hydrogen) atoms. The Labute approximate surface area is 52.2 Å². The molecule has 0 bridgehead atoms. The average molecular weight is 125 g/mol. The van der Waals surface area contributed by atoms with Gasteiger partial charge in [0.25, 0.3) is 0 Å². The Morgan fingerprint density at radius 2 is 2.56 bits per heavy atom. The minimum atomic E-state index is -0.556. The molecule has 0 atom stereocenters. The van der Waals surface area contributed by atoms with Crippen molar-refractivity contribution >= 4 is 5.97 Å². The zero-order valence-electron chi connectivity index (χ0n) is 4.66. The first-order chi connectivity index (χ1) is 4.34. The van der Waals surface area contributed by atoms with Gasteiger partial charge >= 0.3 is 5.97 Å². The fraction of sp³-hybridized carbons (Fsp3) is 0. The van der Waals surface area contributed by atoms with Crippen molar-refractivity contribution in [2.24, 2.45) is 0 Å². The third-order valence-corrected chi connectivity index (χ3v) is 0.853. The maximum Gasteiger partial charge on any atom is 0.374 e. The van der Waals surface area contributed by atoms with Gasteiger partial charge in [0.05, 0.1) is 6.26 Å². The Morgan fingerprint density at radius 3 is 3.00 bits per heavy atom. The highest BCUT2D eigenvalue weighted by molar-refractivity contribution is 5.86. The summed E-state index contributed by atoms with van der Waals surface area (Å²) in [6.45, 7) is 0. The topological polar surface area (TPSA) is 39.4 Å². The van der Waals surface area contributed by atoms with Gasteiger partial charge in [0.1, 0.15) is 7.11 Å². The summed E-state index contributed by atoms with van der Waals surface area (Å²) in [6.07, 6.45) is 1.40. The summed E-state index contributed by atoms with van der Waals surface area (Å²) in [7, 11) is 2.93. The molecular formula is C6H5O3. The Kier molecular flexibility index (Phi) is 1.53. The lowest BCUT2D eigenvalue weighted by molar-refractivity contribution is 0.0619. The second-order valence-corrected chi connectivity index (χ2v) is 1.41. The Morgan fingerprint density at radius 1 is 1.78 bits per heavy atom. The highest BCUT2D eigenvalue weighted by atomic mass is 16.5. The summed E-state index contributed by atoms with van der Waals surface area (Å²) in [5.41, 5.74) is 0. The SMILES string of the molecule is [CH2]OC(=O)c1ccco1. The monoisotopic (exact) mass is 125 g/mol. The minimum Gasteiger partial charge on any atom is -0.457 e. The van der Waals surface area contributed by atoms with E-state index in [1.165, 1.54) is 12.3 Å². The average Bonchev–Trinajstić information content (AvgIpc) is 2.37. The maximum absolute atomic E-state index is 10.5. The molecular weight excluding hydrogens is 120 g/mol. The normalized spacial score (nSPS) is 9.00. The van der Waals surface area contributed by atoms with Crippen LogP contribution in [0.2, 0.25) is 0 Å². The van der Waals surface area contributed by atoms with E-state index in [0.29, 0.717) is 0 Å². The van der Waals surface area contributed by atoms with Crippen LogP contribution in [0.25, 0.3) is 0 Å². The number of esters is 1. The van der Waals surface area contributed by atoms with Gasteiger partial charge in [-0.2, -0.15) is 0 Å². The van der Waals surface area contributed by atoms with Crippen molar-refractivity contribution < 1.29 is 13.9 Å². The minimum absolute atomic E-state index is 0.171. The summed E-state index contributed by atoms with van der Waals surface area (Å²) >= 11 is 0. The molecule has 0 spiro atoms. The number of rotatable bonds is 1. The molecule has 47 valence electrons. The Hall–Kier alpha value is -1.25. The van der Waals surface area contributed by atoms with Crippen molar-refractivity contribution in [2.75, 3.05) is 0 Å². The van der Waals surface area contributed by atoms with E-state index in [0.717, 1.165) is 0 Å². The van der Waals surface area contributed by atoms with Crippen molar-refractivity contribution in [1.29, 1.82) is 0 Å². The maximum atomic E-state index is 10.5. The molecule has 1 aromatic heterocycles. The van der Waals surface area contributed by atoms with Gasteiger partial charge in [0.2, 0.25) is 5.76 Å². The van der Waals surface area contributed by atoms with E-state index in [4.69, 9.17) is 0 Å². The van der Waals surface area contributed by atoms with Crippen molar-refractivity contribution in [3.63, 3.8) is 0 Å². The lowest BCUT2D eigenvalue weighted by atomic mass is 10.5. The highest BCUT2D eigenvalue weighted by Gasteiger charge is 2.05. The molecule has 3 nitrogen and oxygen atoms in total. The van der Waals surface area contributed by atoms with Gasteiger partial charge in [-0.1, -0.05) is 0 Å². The van der Waals surface area contributed by atoms with Crippen LogP contribution >= 0.6 is 0 Å². The quantitative estimate of drug-likeness (QED) is 0.530. The summed E-state index contributed by atoms with van der Waals surface area (Å²) in [5.74, 6) is -0.384. The summed E-state index contributed by atoms with van der Waals surface area (Å²) in [5, 5.41) is 0. The smallest absolute Gasteiger partial charge is 0.374 e. The first kappa shape index (κ1) is 5.88. The highest BCUT2D eigenvalue weighted by Crippen LogP contribution is 2.00. The lowest BCUT2D eigenvalue weighted by Crippen LogP contribution is -1.96. The Bertz CT molecular complexity index is 188. The van der Waals surface area contributed by atoms with Gasteiger partial charge in [-0.05, 0) is 12.1 Å². The van der Waals surface area contributed by atoms with E-state index < -0.39 is 5.97 Å². The van der Waals surface area contributed by atoms with Crippen LogP contribution in [0.15, 0.2) is 22.8 Å². The van der Waals surface area contributed by atoms with Crippen LogP contribution in [-0.4, -0.2) is 5.97 Å². The predicted octanol–water partition coefficient (Wildman–Crippen LogP) is 1.23. The fourth-order valence-electron chi connectivity index (χ4n) is 0.466. The molecule has 1 heterocycles. The fourth-order valence-corrected chi connectivity index (χ4v) is 0.466. The van der Waals surface area contributed by atoms with E-state index in [1.807, 2.05) is 0 Å². The summed E-state index contributed by atoms with van der Waals surface area (Å²) < 4.78 is 8.78. The van der Waals surface area contributed by atoms with E-state index >= 15 is 0 Å². The largest absolute Gasteiger partial charge is 0.457 e. The van der Waals surface area contributed by atoms with Crippen LogP contribution in [0.5, 0.6) is 0 Å². The molecule has 0 aliphatic heterocycles. The van der Waals surface area contributed by atoms with Gasteiger partial charge in [-0.15, -0.1) is 0 Å². The first-order valence-corrected chi connectivity index (χ1v) is 2.34. The van der Waals surface area contributed by atoms with Gasteiger partial charge in [0.15, 0.2) is 0 Å². The van der Waals surface area contributed by atoms with Gasteiger partial charge in [0, 0.05) is 0 Å². The van der Waals surface area contributed by atoms with Crippen LogP contribution in [0.4, 0.5) is 0 Å². The summed E-state index contributed by atoms with van der Waals surface area (Å²) in [4.78, 5) is 10.5. The predicted molar refractivity (Wildman–Crippen MR) is 29.5 cm³/mol. The van der Waals surface area contributed by atoms with Gasteiger partial charge < -0.3 is 9.15 Å². The van der Waals surface area contributed by atoms with Crippen molar-refractivity contribution in [2.45, 2.75) is 0 Å².